The molecule has 0 aliphatic rings. The Hall–Kier alpha value is -2.18. The van der Waals surface area contributed by atoms with Crippen LogP contribution in [0.25, 0.3) is 0 Å². The van der Waals surface area contributed by atoms with Crippen LogP contribution in [0.3, 0.4) is 0 Å². The van der Waals surface area contributed by atoms with Crippen molar-refractivity contribution in [1.29, 1.82) is 0 Å². The monoisotopic (exact) mass is 515 g/mol. The highest BCUT2D eigenvalue weighted by Crippen LogP contribution is 2.14. The molecule has 0 aliphatic heterocycles. The topological polar surface area (TPSA) is 52.7 Å². The highest BCUT2D eigenvalue weighted by atomic mass is 79.9. The highest BCUT2D eigenvalue weighted by Gasteiger charge is 2.18. The van der Waals surface area contributed by atoms with Crippen molar-refractivity contribution in [1.82, 2.24) is 15.1 Å². The molecule has 0 heterocycles. The number of carbonyl (C=O) groups is 2. The Balaban J connectivity index is 1.90. The number of rotatable bonds is 14. The van der Waals surface area contributed by atoms with E-state index < -0.39 is 0 Å². The zero-order valence-corrected chi connectivity index (χ0v) is 21.8. The van der Waals surface area contributed by atoms with Crippen molar-refractivity contribution in [3.05, 3.63) is 70.2 Å². The van der Waals surface area contributed by atoms with E-state index in [9.17, 15) is 9.59 Å². The molecule has 1 atom stereocenters. The molecule has 180 valence electrons. The maximum absolute atomic E-state index is 13.2. The van der Waals surface area contributed by atoms with Crippen LogP contribution in [0.2, 0.25) is 0 Å². The van der Waals surface area contributed by atoms with E-state index in [0.717, 1.165) is 43.4 Å². The molecule has 5 nitrogen and oxygen atoms in total. The summed E-state index contributed by atoms with van der Waals surface area (Å²) >= 11 is 3.45. The van der Waals surface area contributed by atoms with Gasteiger partial charge >= 0.3 is 0 Å². The lowest BCUT2D eigenvalue weighted by atomic mass is 10.1. The molecule has 2 aromatic rings. The van der Waals surface area contributed by atoms with Crippen LogP contribution in [0, 0.1) is 0 Å². The molecule has 6 heteroatoms. The molecule has 2 rings (SSSR count). The predicted octanol–water partition coefficient (Wildman–Crippen LogP) is 5.15. The summed E-state index contributed by atoms with van der Waals surface area (Å²) in [5.74, 6) is -0.0515. The molecule has 1 unspecified atom stereocenters. The van der Waals surface area contributed by atoms with Gasteiger partial charge in [0.05, 0.1) is 0 Å². The van der Waals surface area contributed by atoms with Crippen molar-refractivity contribution >= 4 is 27.7 Å². The molecule has 0 spiro atoms. The average Bonchev–Trinajstić information content (AvgIpc) is 2.82. The van der Waals surface area contributed by atoms with Crippen molar-refractivity contribution in [3.8, 4) is 0 Å². The lowest BCUT2D eigenvalue weighted by Crippen LogP contribution is -2.39. The van der Waals surface area contributed by atoms with Gasteiger partial charge in [-0.15, -0.1) is 0 Å². The number of amides is 2. The fraction of sp³-hybridized carbons (Fsp3) is 0.481. The van der Waals surface area contributed by atoms with E-state index in [1.165, 1.54) is 5.56 Å². The second kappa shape index (κ2) is 14.9. The van der Waals surface area contributed by atoms with Gasteiger partial charge < -0.3 is 15.1 Å². The summed E-state index contributed by atoms with van der Waals surface area (Å²) in [5, 5.41) is 3.10. The number of hydrogen-bond acceptors (Lipinski definition) is 3. The first-order valence-corrected chi connectivity index (χ1v) is 12.8. The molecule has 0 aliphatic carbocycles. The first-order chi connectivity index (χ1) is 15.9. The van der Waals surface area contributed by atoms with Gasteiger partial charge in [0.15, 0.2) is 0 Å². The van der Waals surface area contributed by atoms with Gasteiger partial charge in [-0.25, -0.2) is 0 Å². The van der Waals surface area contributed by atoms with E-state index in [2.05, 4.69) is 59.1 Å². The number of nitrogens with one attached hydrogen (secondary N) is 1. The third-order valence-electron chi connectivity index (χ3n) is 5.89. The average molecular weight is 517 g/mol. The van der Waals surface area contributed by atoms with Crippen LogP contribution in [0.5, 0.6) is 0 Å². The standard InChI is InChI=1S/C27H38BrN3O2/c1-4-30(5-2)18-10-11-22(3)29-26(32)17-20-31(19-16-23-12-7-6-8-13-23)27(33)24-14-9-15-25(28)21-24/h6-9,12-15,21-22H,4-5,10-11,16-20H2,1-3H3,(H,29,32). The summed E-state index contributed by atoms with van der Waals surface area (Å²) in [6, 6.07) is 17.7. The Labute approximate surface area is 207 Å². The minimum atomic E-state index is -0.0488. The maximum Gasteiger partial charge on any atom is 0.253 e. The lowest BCUT2D eigenvalue weighted by Gasteiger charge is -2.24. The molecule has 0 fully saturated rings. The maximum atomic E-state index is 13.2. The summed E-state index contributed by atoms with van der Waals surface area (Å²) in [4.78, 5) is 30.0. The summed E-state index contributed by atoms with van der Waals surface area (Å²) in [7, 11) is 0. The fourth-order valence-electron chi connectivity index (χ4n) is 3.84. The second-order valence-corrected chi connectivity index (χ2v) is 9.34. The SMILES string of the molecule is CCN(CC)CCCC(C)NC(=O)CCN(CCc1ccccc1)C(=O)c1cccc(Br)c1. The third-order valence-corrected chi connectivity index (χ3v) is 6.39. The minimum absolute atomic E-state index is 0.00269. The van der Waals surface area contributed by atoms with E-state index in [1.807, 2.05) is 42.5 Å². The molecule has 2 amide bonds. The number of benzene rings is 2. The molecule has 0 radical (unpaired) electrons. The van der Waals surface area contributed by atoms with Gasteiger partial charge in [-0.3, -0.25) is 9.59 Å². The molecular formula is C27H38BrN3O2. The Morgan fingerprint density at radius 3 is 2.36 bits per heavy atom. The summed E-state index contributed by atoms with van der Waals surface area (Å²) in [6.07, 6.45) is 3.07. The minimum Gasteiger partial charge on any atom is -0.354 e. The molecule has 0 saturated carbocycles. The van der Waals surface area contributed by atoms with Crippen molar-refractivity contribution < 1.29 is 9.59 Å². The normalized spacial score (nSPS) is 11.9. The second-order valence-electron chi connectivity index (χ2n) is 8.43. The first-order valence-electron chi connectivity index (χ1n) is 12.0. The van der Waals surface area contributed by atoms with E-state index >= 15 is 0 Å². The Kier molecular flexibility index (Phi) is 12.2. The van der Waals surface area contributed by atoms with E-state index in [0.29, 0.717) is 25.1 Å². The lowest BCUT2D eigenvalue weighted by molar-refractivity contribution is -0.121. The number of hydrogen-bond donors (Lipinski definition) is 1. The van der Waals surface area contributed by atoms with Gasteiger partial charge in [0.1, 0.15) is 0 Å². The first kappa shape index (κ1) is 27.1. The predicted molar refractivity (Wildman–Crippen MR) is 139 cm³/mol. The molecule has 2 aromatic carbocycles. The van der Waals surface area contributed by atoms with Gasteiger partial charge in [-0.1, -0.05) is 66.2 Å². The van der Waals surface area contributed by atoms with Gasteiger partial charge in [-0.2, -0.15) is 0 Å². The zero-order valence-electron chi connectivity index (χ0n) is 20.2. The van der Waals surface area contributed by atoms with Crippen LogP contribution in [-0.2, 0) is 11.2 Å². The van der Waals surface area contributed by atoms with Crippen molar-refractivity contribution in [2.24, 2.45) is 0 Å². The number of halogens is 1. The summed E-state index contributed by atoms with van der Waals surface area (Å²) in [6.45, 7) is 10.5. The van der Waals surface area contributed by atoms with Crippen LogP contribution in [0.15, 0.2) is 59.1 Å². The largest absolute Gasteiger partial charge is 0.354 e. The Morgan fingerprint density at radius 2 is 1.70 bits per heavy atom. The molecule has 33 heavy (non-hydrogen) atoms. The summed E-state index contributed by atoms with van der Waals surface area (Å²) < 4.78 is 0.868. The quantitative estimate of drug-likeness (QED) is 0.378. The van der Waals surface area contributed by atoms with Crippen molar-refractivity contribution in [2.75, 3.05) is 32.7 Å². The smallest absolute Gasteiger partial charge is 0.253 e. The number of carbonyl (C=O) groups excluding carboxylic acids is 2. The number of nitrogens with zero attached hydrogens (tertiary/aromatic N) is 2. The molecule has 0 aromatic heterocycles. The van der Waals surface area contributed by atoms with Gasteiger partial charge in [0.2, 0.25) is 5.91 Å². The molecular weight excluding hydrogens is 478 g/mol. The summed E-state index contributed by atoms with van der Waals surface area (Å²) in [5.41, 5.74) is 1.80. The van der Waals surface area contributed by atoms with Gasteiger partial charge in [0, 0.05) is 35.6 Å². The molecule has 0 saturated heterocycles. The Bertz CT molecular complexity index is 855. The zero-order chi connectivity index (χ0) is 24.1. The van der Waals surface area contributed by atoms with Gasteiger partial charge in [-0.05, 0) is 69.6 Å². The van der Waals surface area contributed by atoms with E-state index in [4.69, 9.17) is 0 Å². The van der Waals surface area contributed by atoms with E-state index in [-0.39, 0.29) is 17.9 Å². The molecule has 0 bridgehead atoms. The van der Waals surface area contributed by atoms with Crippen LogP contribution >= 0.6 is 15.9 Å². The van der Waals surface area contributed by atoms with E-state index in [1.54, 1.807) is 4.90 Å². The van der Waals surface area contributed by atoms with Crippen molar-refractivity contribution in [2.45, 2.75) is 52.5 Å². The van der Waals surface area contributed by atoms with Crippen molar-refractivity contribution in [3.63, 3.8) is 0 Å². The fourth-order valence-corrected chi connectivity index (χ4v) is 4.24. The molecule has 1 N–H and O–H groups in total. The highest BCUT2D eigenvalue weighted by molar-refractivity contribution is 9.10. The third kappa shape index (κ3) is 10.1. The van der Waals surface area contributed by atoms with Gasteiger partial charge in [0.25, 0.3) is 5.91 Å². The van der Waals surface area contributed by atoms with Crippen LogP contribution in [0.4, 0.5) is 0 Å². The van der Waals surface area contributed by atoms with Crippen LogP contribution < -0.4 is 5.32 Å². The van der Waals surface area contributed by atoms with Crippen LogP contribution in [-0.4, -0.2) is 60.4 Å². The Morgan fingerprint density at radius 1 is 0.970 bits per heavy atom. The van der Waals surface area contributed by atoms with Crippen LogP contribution in [0.1, 0.15) is 56.0 Å².